The molecule has 0 unspecified atom stereocenters. The number of rotatable bonds is 2. The molecule has 2 N–H and O–H groups in total. The van der Waals surface area contributed by atoms with Crippen LogP contribution >= 0.6 is 0 Å². The second-order valence-electron chi connectivity index (χ2n) is 6.41. The highest BCUT2D eigenvalue weighted by molar-refractivity contribution is 6.04. The molecule has 23 heavy (non-hydrogen) atoms. The Bertz CT molecular complexity index is 914. The molecule has 0 bridgehead atoms. The van der Waals surface area contributed by atoms with Crippen LogP contribution in [-0.4, -0.2) is 20.5 Å². The van der Waals surface area contributed by atoms with Crippen LogP contribution in [0.25, 0.3) is 5.65 Å². The van der Waals surface area contributed by atoms with E-state index in [4.69, 9.17) is 0 Å². The van der Waals surface area contributed by atoms with E-state index in [-0.39, 0.29) is 22.6 Å². The second kappa shape index (κ2) is 5.39. The summed E-state index contributed by atoms with van der Waals surface area (Å²) in [6.07, 6.45) is 2.98. The molecule has 118 valence electrons. The lowest BCUT2D eigenvalue weighted by Crippen LogP contribution is -2.23. The molecule has 0 aliphatic heterocycles. The quantitative estimate of drug-likeness (QED) is 0.763. The van der Waals surface area contributed by atoms with Crippen LogP contribution in [-0.2, 0) is 5.41 Å². The number of amides is 1. The summed E-state index contributed by atoms with van der Waals surface area (Å²) in [7, 11) is 0. The molecule has 3 aromatic rings. The first-order chi connectivity index (χ1) is 10.9. The van der Waals surface area contributed by atoms with Crippen molar-refractivity contribution in [2.45, 2.75) is 26.2 Å². The lowest BCUT2D eigenvalue weighted by molar-refractivity contribution is 0.102. The predicted octanol–water partition coefficient (Wildman–Crippen LogP) is 2.57. The van der Waals surface area contributed by atoms with Gasteiger partial charge in [0, 0.05) is 17.8 Å². The number of hydrogen-bond donors (Lipinski definition) is 2. The van der Waals surface area contributed by atoms with Gasteiger partial charge in [-0.2, -0.15) is 4.52 Å². The molecule has 0 saturated carbocycles. The van der Waals surface area contributed by atoms with Crippen molar-refractivity contribution in [3.8, 4) is 0 Å². The van der Waals surface area contributed by atoms with Crippen molar-refractivity contribution in [3.05, 3.63) is 64.2 Å². The third kappa shape index (κ3) is 2.88. The summed E-state index contributed by atoms with van der Waals surface area (Å²) in [6, 6.07) is 9.04. The van der Waals surface area contributed by atoms with Gasteiger partial charge in [0.1, 0.15) is 5.69 Å². The average Bonchev–Trinajstić information content (AvgIpc) is 2.98. The molecule has 2 aromatic heterocycles. The van der Waals surface area contributed by atoms with Gasteiger partial charge in [0.25, 0.3) is 11.5 Å². The summed E-state index contributed by atoms with van der Waals surface area (Å²) < 4.78 is 1.28. The molecular weight excluding hydrogens is 292 g/mol. The van der Waals surface area contributed by atoms with E-state index in [2.05, 4.69) is 36.2 Å². The highest BCUT2D eigenvalue weighted by Crippen LogP contribution is 2.22. The molecule has 1 aromatic carbocycles. The van der Waals surface area contributed by atoms with Gasteiger partial charge in [-0.25, -0.2) is 4.98 Å². The minimum absolute atomic E-state index is 0.0242. The topological polar surface area (TPSA) is 79.3 Å². The molecule has 6 nitrogen and oxygen atoms in total. The summed E-state index contributed by atoms with van der Waals surface area (Å²) in [6.45, 7) is 6.33. The molecule has 0 aliphatic rings. The lowest BCUT2D eigenvalue weighted by atomic mass is 9.87. The number of fused-ring (bicyclic) bond motifs is 1. The summed E-state index contributed by atoms with van der Waals surface area (Å²) in [5.41, 5.74) is 1.95. The van der Waals surface area contributed by atoms with Gasteiger partial charge in [0.2, 0.25) is 0 Å². The first-order valence-corrected chi connectivity index (χ1v) is 7.33. The van der Waals surface area contributed by atoms with Crippen molar-refractivity contribution in [2.24, 2.45) is 0 Å². The molecule has 2 heterocycles. The van der Waals surface area contributed by atoms with Crippen LogP contribution in [0, 0.1) is 0 Å². The van der Waals surface area contributed by atoms with Crippen LogP contribution in [0.4, 0.5) is 5.69 Å². The summed E-state index contributed by atoms with van der Waals surface area (Å²) in [5, 5.41) is 5.37. The number of aromatic nitrogens is 3. The number of H-pyrrole nitrogens is 1. The fourth-order valence-electron chi connectivity index (χ4n) is 2.30. The highest BCUT2D eigenvalue weighted by atomic mass is 16.2. The van der Waals surface area contributed by atoms with Gasteiger partial charge < -0.3 is 5.32 Å². The predicted molar refractivity (Wildman–Crippen MR) is 88.9 cm³/mol. The molecule has 0 spiro atoms. The van der Waals surface area contributed by atoms with Gasteiger partial charge in [0.05, 0.1) is 6.20 Å². The second-order valence-corrected chi connectivity index (χ2v) is 6.41. The maximum Gasteiger partial charge on any atom is 0.296 e. The van der Waals surface area contributed by atoms with Gasteiger partial charge in [-0.3, -0.25) is 14.7 Å². The minimum Gasteiger partial charge on any atom is -0.316 e. The van der Waals surface area contributed by atoms with Crippen LogP contribution in [0.2, 0.25) is 0 Å². The number of carbonyl (C=O) groups is 1. The van der Waals surface area contributed by atoms with Gasteiger partial charge in [-0.05, 0) is 23.1 Å². The Hall–Kier alpha value is -2.89. The zero-order chi connectivity index (χ0) is 16.6. The van der Waals surface area contributed by atoms with E-state index < -0.39 is 0 Å². The largest absolute Gasteiger partial charge is 0.316 e. The normalized spacial score (nSPS) is 11.6. The number of benzene rings is 1. The Morgan fingerprint density at radius 3 is 2.52 bits per heavy atom. The van der Waals surface area contributed by atoms with Crippen LogP contribution < -0.4 is 10.9 Å². The number of hydrogen-bond acceptors (Lipinski definition) is 3. The van der Waals surface area contributed by atoms with Gasteiger partial charge in [-0.15, -0.1) is 0 Å². The Morgan fingerprint density at radius 1 is 1.17 bits per heavy atom. The fourth-order valence-corrected chi connectivity index (χ4v) is 2.30. The molecule has 0 atom stereocenters. The van der Waals surface area contributed by atoms with E-state index >= 15 is 0 Å². The molecule has 0 fully saturated rings. The van der Waals surface area contributed by atoms with E-state index in [0.717, 1.165) is 5.56 Å². The van der Waals surface area contributed by atoms with Crippen molar-refractivity contribution in [1.82, 2.24) is 14.6 Å². The Morgan fingerprint density at radius 2 is 1.87 bits per heavy atom. The third-order valence-electron chi connectivity index (χ3n) is 3.69. The Balaban J connectivity index is 1.86. The van der Waals surface area contributed by atoms with E-state index in [9.17, 15) is 9.59 Å². The Kier molecular flexibility index (Phi) is 3.52. The zero-order valence-electron chi connectivity index (χ0n) is 13.3. The van der Waals surface area contributed by atoms with Crippen LogP contribution in [0.15, 0.2) is 47.5 Å². The minimum atomic E-state index is -0.348. The smallest absolute Gasteiger partial charge is 0.296 e. The molecule has 0 aliphatic carbocycles. The van der Waals surface area contributed by atoms with Crippen molar-refractivity contribution in [1.29, 1.82) is 0 Å². The fraction of sp³-hybridized carbons (Fsp3) is 0.235. The highest BCUT2D eigenvalue weighted by Gasteiger charge is 2.15. The summed E-state index contributed by atoms with van der Waals surface area (Å²) >= 11 is 0. The van der Waals surface area contributed by atoms with E-state index in [1.165, 1.54) is 10.7 Å². The Labute approximate surface area is 133 Å². The first kappa shape index (κ1) is 15.0. The third-order valence-corrected chi connectivity index (χ3v) is 3.69. The number of anilines is 1. The number of nitrogens with zero attached hydrogens (tertiary/aromatic N) is 2. The van der Waals surface area contributed by atoms with Crippen LogP contribution in [0.1, 0.15) is 36.7 Å². The molecule has 0 radical (unpaired) electrons. The van der Waals surface area contributed by atoms with Gasteiger partial charge >= 0.3 is 0 Å². The lowest BCUT2D eigenvalue weighted by Gasteiger charge is -2.19. The molecular formula is C17H18N4O2. The molecule has 0 saturated heterocycles. The van der Waals surface area contributed by atoms with E-state index in [1.807, 2.05) is 12.1 Å². The molecule has 1 amide bonds. The SMILES string of the molecule is CC(C)(C)c1ccc(C(=O)Nc2cnc3cc[nH]n3c2=O)cc1. The average molecular weight is 310 g/mol. The van der Waals surface area contributed by atoms with Gasteiger partial charge in [0.15, 0.2) is 5.65 Å². The molecule has 3 rings (SSSR count). The number of aromatic amines is 1. The first-order valence-electron chi connectivity index (χ1n) is 7.33. The summed E-state index contributed by atoms with van der Waals surface area (Å²) in [5.74, 6) is -0.337. The zero-order valence-corrected chi connectivity index (χ0v) is 13.3. The van der Waals surface area contributed by atoms with E-state index in [1.54, 1.807) is 24.4 Å². The molecule has 6 heteroatoms. The maximum absolute atomic E-state index is 12.3. The van der Waals surface area contributed by atoms with Crippen LogP contribution in [0.3, 0.4) is 0 Å². The maximum atomic E-state index is 12.3. The van der Waals surface area contributed by atoms with Gasteiger partial charge in [-0.1, -0.05) is 32.9 Å². The van der Waals surface area contributed by atoms with Crippen molar-refractivity contribution in [3.63, 3.8) is 0 Å². The van der Waals surface area contributed by atoms with Crippen LogP contribution in [0.5, 0.6) is 0 Å². The summed E-state index contributed by atoms with van der Waals surface area (Å²) in [4.78, 5) is 28.6. The van der Waals surface area contributed by atoms with Crippen molar-refractivity contribution in [2.75, 3.05) is 5.32 Å². The monoisotopic (exact) mass is 310 g/mol. The number of nitrogens with one attached hydrogen (secondary N) is 2. The van der Waals surface area contributed by atoms with Crippen molar-refractivity contribution >= 4 is 17.2 Å². The number of carbonyl (C=O) groups excluding carboxylic acids is 1. The standard InChI is InChI=1S/C17H18N4O2/c1-17(2,3)12-6-4-11(5-7-12)15(22)20-13-10-18-14-8-9-19-21(14)16(13)23/h4-10,19H,1-3H3,(H,20,22). The van der Waals surface area contributed by atoms with E-state index in [0.29, 0.717) is 11.2 Å². The van der Waals surface area contributed by atoms with Crippen molar-refractivity contribution < 1.29 is 4.79 Å².